The van der Waals surface area contributed by atoms with Gasteiger partial charge in [-0.3, -0.25) is 0 Å². The molecule has 96 valence electrons. The first kappa shape index (κ1) is 10.9. The van der Waals surface area contributed by atoms with Crippen molar-refractivity contribution in [1.82, 2.24) is 5.32 Å². The summed E-state index contributed by atoms with van der Waals surface area (Å²) in [4.78, 5) is 2.64. The monoisotopic (exact) mass is 242 g/mol. The third-order valence-electron chi connectivity index (χ3n) is 5.38. The molecule has 0 amide bonds. The van der Waals surface area contributed by atoms with Crippen LogP contribution in [-0.4, -0.2) is 26.2 Å². The Morgan fingerprint density at radius 2 is 2.06 bits per heavy atom. The summed E-state index contributed by atoms with van der Waals surface area (Å²) in [6.07, 6.45) is 5.55. The van der Waals surface area contributed by atoms with Crippen LogP contribution in [0.5, 0.6) is 0 Å². The van der Waals surface area contributed by atoms with Crippen molar-refractivity contribution in [3.63, 3.8) is 0 Å². The largest absolute Gasteiger partial charge is 0.371 e. The van der Waals surface area contributed by atoms with Gasteiger partial charge in [-0.25, -0.2) is 0 Å². The van der Waals surface area contributed by atoms with E-state index in [1.165, 1.54) is 57.5 Å². The SMILES string of the molecule is c1ccc2c(c1)CCN2CC1CC12CCNCC2. The van der Waals surface area contributed by atoms with Gasteiger partial charge >= 0.3 is 0 Å². The fourth-order valence-electron chi connectivity index (χ4n) is 4.09. The molecule has 18 heavy (non-hydrogen) atoms. The standard InChI is InChI=1S/C16H22N2/c1-2-4-15-13(3-1)5-10-18(15)12-14-11-16(14)6-8-17-9-7-16/h1-4,14,17H,5-12H2. The molecule has 1 atom stereocenters. The molecule has 1 aromatic rings. The molecule has 0 radical (unpaired) electrons. The predicted octanol–water partition coefficient (Wildman–Crippen LogP) is 2.44. The van der Waals surface area contributed by atoms with Gasteiger partial charge in [0.1, 0.15) is 0 Å². The molecule has 1 saturated carbocycles. The average molecular weight is 242 g/mol. The van der Waals surface area contributed by atoms with E-state index in [4.69, 9.17) is 0 Å². The van der Waals surface area contributed by atoms with Crippen molar-refractivity contribution in [1.29, 1.82) is 0 Å². The van der Waals surface area contributed by atoms with Crippen molar-refractivity contribution in [2.45, 2.75) is 25.7 Å². The molecule has 1 N–H and O–H groups in total. The Bertz CT molecular complexity index is 448. The smallest absolute Gasteiger partial charge is 0.0399 e. The maximum Gasteiger partial charge on any atom is 0.0399 e. The molecule has 1 aliphatic carbocycles. The quantitative estimate of drug-likeness (QED) is 0.857. The molecule has 1 saturated heterocycles. The number of nitrogens with one attached hydrogen (secondary N) is 1. The number of hydrogen-bond donors (Lipinski definition) is 1. The van der Waals surface area contributed by atoms with Crippen molar-refractivity contribution in [3.05, 3.63) is 29.8 Å². The molecule has 2 heterocycles. The Hall–Kier alpha value is -1.02. The topological polar surface area (TPSA) is 15.3 Å². The molecule has 3 aliphatic rings. The van der Waals surface area contributed by atoms with Crippen LogP contribution >= 0.6 is 0 Å². The lowest BCUT2D eigenvalue weighted by Crippen LogP contribution is -2.32. The van der Waals surface area contributed by atoms with Crippen LogP contribution in [0.3, 0.4) is 0 Å². The zero-order valence-electron chi connectivity index (χ0n) is 11.0. The van der Waals surface area contributed by atoms with Crippen LogP contribution in [0.15, 0.2) is 24.3 Å². The third kappa shape index (κ3) is 1.66. The Morgan fingerprint density at radius 1 is 1.22 bits per heavy atom. The lowest BCUT2D eigenvalue weighted by Gasteiger charge is -2.26. The van der Waals surface area contributed by atoms with E-state index in [1.807, 2.05) is 0 Å². The lowest BCUT2D eigenvalue weighted by molar-refractivity contribution is 0.323. The van der Waals surface area contributed by atoms with Gasteiger partial charge in [-0.15, -0.1) is 0 Å². The second kappa shape index (κ2) is 3.99. The zero-order chi connectivity index (χ0) is 12.0. The fraction of sp³-hybridized carbons (Fsp3) is 0.625. The predicted molar refractivity (Wildman–Crippen MR) is 75.0 cm³/mol. The highest BCUT2D eigenvalue weighted by Gasteiger charge is 2.54. The van der Waals surface area contributed by atoms with Crippen LogP contribution in [0, 0.1) is 11.3 Å². The van der Waals surface area contributed by atoms with Crippen LogP contribution in [-0.2, 0) is 6.42 Å². The highest BCUT2D eigenvalue weighted by molar-refractivity contribution is 5.58. The van der Waals surface area contributed by atoms with Gasteiger partial charge in [0.05, 0.1) is 0 Å². The minimum Gasteiger partial charge on any atom is -0.371 e. The maximum absolute atomic E-state index is 3.50. The molecule has 4 rings (SSSR count). The van der Waals surface area contributed by atoms with Gasteiger partial charge in [0.2, 0.25) is 0 Å². The van der Waals surface area contributed by atoms with Crippen molar-refractivity contribution in [2.24, 2.45) is 11.3 Å². The summed E-state index contributed by atoms with van der Waals surface area (Å²) in [5.74, 6) is 0.964. The van der Waals surface area contributed by atoms with Gasteiger partial charge in [0, 0.05) is 18.8 Å². The van der Waals surface area contributed by atoms with Crippen LogP contribution in [0.25, 0.3) is 0 Å². The van der Waals surface area contributed by atoms with Crippen LogP contribution in [0.1, 0.15) is 24.8 Å². The fourth-order valence-corrected chi connectivity index (χ4v) is 4.09. The number of piperidine rings is 1. The van der Waals surface area contributed by atoms with Gasteiger partial charge in [0.15, 0.2) is 0 Å². The van der Waals surface area contributed by atoms with Crippen LogP contribution in [0.2, 0.25) is 0 Å². The van der Waals surface area contributed by atoms with Crippen LogP contribution < -0.4 is 10.2 Å². The second-order valence-electron chi connectivity index (χ2n) is 6.34. The summed E-state index contributed by atoms with van der Waals surface area (Å²) in [5, 5.41) is 3.50. The molecular weight excluding hydrogens is 220 g/mol. The van der Waals surface area contributed by atoms with Crippen LogP contribution in [0.4, 0.5) is 5.69 Å². The highest BCUT2D eigenvalue weighted by Crippen LogP contribution is 2.59. The van der Waals surface area contributed by atoms with Crippen molar-refractivity contribution >= 4 is 5.69 Å². The number of rotatable bonds is 2. The van der Waals surface area contributed by atoms with E-state index in [-0.39, 0.29) is 0 Å². The summed E-state index contributed by atoms with van der Waals surface area (Å²) in [5.41, 5.74) is 3.79. The van der Waals surface area contributed by atoms with Gasteiger partial charge in [-0.05, 0) is 61.7 Å². The number of para-hydroxylation sites is 1. The zero-order valence-corrected chi connectivity index (χ0v) is 11.0. The lowest BCUT2D eigenvalue weighted by atomic mass is 9.92. The van der Waals surface area contributed by atoms with Gasteiger partial charge < -0.3 is 10.2 Å². The summed E-state index contributed by atoms with van der Waals surface area (Å²) >= 11 is 0. The minimum absolute atomic E-state index is 0.725. The van der Waals surface area contributed by atoms with E-state index in [0.29, 0.717) is 0 Å². The highest BCUT2D eigenvalue weighted by atomic mass is 15.2. The molecule has 1 spiro atoms. The number of fused-ring (bicyclic) bond motifs is 1. The van der Waals surface area contributed by atoms with E-state index >= 15 is 0 Å². The molecule has 2 heteroatoms. The molecular formula is C16H22N2. The second-order valence-corrected chi connectivity index (χ2v) is 6.34. The van der Waals surface area contributed by atoms with Crippen molar-refractivity contribution < 1.29 is 0 Å². The number of benzene rings is 1. The Morgan fingerprint density at radius 3 is 2.94 bits per heavy atom. The molecule has 2 aliphatic heterocycles. The van der Waals surface area contributed by atoms with E-state index in [0.717, 1.165) is 11.3 Å². The first-order valence-electron chi connectivity index (χ1n) is 7.41. The van der Waals surface area contributed by atoms with E-state index in [1.54, 1.807) is 5.56 Å². The van der Waals surface area contributed by atoms with Gasteiger partial charge in [-0.2, -0.15) is 0 Å². The Labute approximate surface area is 109 Å². The average Bonchev–Trinajstić information content (AvgIpc) is 2.89. The molecule has 2 fully saturated rings. The molecule has 0 bridgehead atoms. The summed E-state index contributed by atoms with van der Waals surface area (Å²) in [6.45, 7) is 5.03. The number of nitrogens with zero attached hydrogens (tertiary/aromatic N) is 1. The van der Waals surface area contributed by atoms with Crippen molar-refractivity contribution in [3.8, 4) is 0 Å². The summed E-state index contributed by atoms with van der Waals surface area (Å²) < 4.78 is 0. The maximum atomic E-state index is 3.50. The molecule has 1 aromatic carbocycles. The van der Waals surface area contributed by atoms with Gasteiger partial charge in [0.25, 0.3) is 0 Å². The van der Waals surface area contributed by atoms with Gasteiger partial charge in [-0.1, -0.05) is 18.2 Å². The van der Waals surface area contributed by atoms with Crippen molar-refractivity contribution in [2.75, 3.05) is 31.1 Å². The minimum atomic E-state index is 0.725. The number of hydrogen-bond acceptors (Lipinski definition) is 2. The number of anilines is 1. The Balaban J connectivity index is 1.45. The summed E-state index contributed by atoms with van der Waals surface area (Å²) in [6, 6.07) is 8.96. The van der Waals surface area contributed by atoms with E-state index in [9.17, 15) is 0 Å². The van der Waals surface area contributed by atoms with E-state index in [2.05, 4.69) is 34.5 Å². The Kier molecular flexibility index (Phi) is 2.41. The van der Waals surface area contributed by atoms with E-state index < -0.39 is 0 Å². The normalized spacial score (nSPS) is 28.4. The first-order chi connectivity index (χ1) is 8.87. The molecule has 1 unspecified atom stereocenters. The summed E-state index contributed by atoms with van der Waals surface area (Å²) in [7, 11) is 0. The molecule has 2 nitrogen and oxygen atoms in total. The molecule has 0 aromatic heterocycles. The third-order valence-corrected chi connectivity index (χ3v) is 5.38. The first-order valence-corrected chi connectivity index (χ1v) is 7.41.